The van der Waals surface area contributed by atoms with Crippen LogP contribution in [0.4, 0.5) is 0 Å². The Balaban J connectivity index is 5.45. The van der Waals surface area contributed by atoms with Crippen LogP contribution in [0.25, 0.3) is 0 Å². The minimum absolute atomic E-state index is 0.161. The standard InChI is InChI=1S/C18H28N4O/c1-7-17(10-8-9-16(5)21-23)18(11-12-19)15(4)13-22(20-6)14(2)3/h8-10,17,20H,2,7,11,13H2,1,3-6H3/b10-8+,16-9+,18-15+/t17-/m1/s1. The van der Waals surface area contributed by atoms with Gasteiger partial charge in [-0.2, -0.15) is 5.26 Å². The van der Waals surface area contributed by atoms with Crippen molar-refractivity contribution in [1.29, 1.82) is 5.26 Å². The Morgan fingerprint density at radius 2 is 2.09 bits per heavy atom. The quantitative estimate of drug-likeness (QED) is 0.280. The lowest BCUT2D eigenvalue weighted by Gasteiger charge is -2.26. The summed E-state index contributed by atoms with van der Waals surface area (Å²) in [7, 11) is 1.85. The van der Waals surface area contributed by atoms with Crippen molar-refractivity contribution in [2.24, 2.45) is 11.1 Å². The number of hydrazine groups is 1. The molecule has 0 fully saturated rings. The van der Waals surface area contributed by atoms with E-state index < -0.39 is 0 Å². The van der Waals surface area contributed by atoms with Crippen LogP contribution >= 0.6 is 0 Å². The SMILES string of the molecule is C=C(C)N(C/C(C)=C(\CC#N)[C@@H](/C=C/C=C(\C)N=O)CC)NC. The largest absolute Gasteiger partial charge is 0.310 e. The molecule has 0 aliphatic heterocycles. The molecule has 5 heteroatoms. The molecular formula is C18H28N4O. The first-order valence-electron chi connectivity index (χ1n) is 7.75. The first-order valence-corrected chi connectivity index (χ1v) is 7.75. The summed E-state index contributed by atoms with van der Waals surface area (Å²) < 4.78 is 0. The van der Waals surface area contributed by atoms with E-state index in [-0.39, 0.29) is 5.92 Å². The molecule has 0 spiro atoms. The number of nitrogens with zero attached hydrogens (tertiary/aromatic N) is 3. The van der Waals surface area contributed by atoms with Gasteiger partial charge in [0.15, 0.2) is 0 Å². The van der Waals surface area contributed by atoms with Gasteiger partial charge in [0.1, 0.15) is 0 Å². The maximum absolute atomic E-state index is 10.4. The van der Waals surface area contributed by atoms with Gasteiger partial charge < -0.3 is 5.01 Å². The minimum atomic E-state index is 0.161. The van der Waals surface area contributed by atoms with E-state index in [9.17, 15) is 4.91 Å². The lowest BCUT2D eigenvalue weighted by atomic mass is 9.89. The third kappa shape index (κ3) is 7.57. The van der Waals surface area contributed by atoms with E-state index in [4.69, 9.17) is 5.26 Å². The van der Waals surface area contributed by atoms with Crippen molar-refractivity contribution in [2.45, 2.75) is 40.5 Å². The van der Waals surface area contributed by atoms with Gasteiger partial charge in [-0.15, -0.1) is 4.91 Å². The number of nitriles is 1. The maximum Gasteiger partial charge on any atom is 0.0818 e. The molecule has 0 rings (SSSR count). The number of rotatable bonds is 10. The summed E-state index contributed by atoms with van der Waals surface area (Å²) in [5.41, 5.74) is 6.70. The van der Waals surface area contributed by atoms with E-state index in [1.807, 2.05) is 38.1 Å². The fraction of sp³-hybridized carbons (Fsp3) is 0.500. The Hall–Kier alpha value is -2.19. The number of allylic oxidation sites excluding steroid dienone is 6. The van der Waals surface area contributed by atoms with Crippen LogP contribution in [0.5, 0.6) is 0 Å². The zero-order valence-electron chi connectivity index (χ0n) is 14.9. The Labute approximate surface area is 140 Å². The molecule has 126 valence electrons. The maximum atomic E-state index is 10.4. The van der Waals surface area contributed by atoms with E-state index in [0.717, 1.165) is 23.3 Å². The molecule has 1 N–H and O–H groups in total. The number of hydrogen-bond donors (Lipinski definition) is 1. The Kier molecular flexibility index (Phi) is 10.3. The normalized spacial score (nSPS) is 14.2. The lowest BCUT2D eigenvalue weighted by Crippen LogP contribution is -2.34. The van der Waals surface area contributed by atoms with Crippen LogP contribution in [-0.2, 0) is 0 Å². The van der Waals surface area contributed by atoms with Crippen LogP contribution in [0.2, 0.25) is 0 Å². The summed E-state index contributed by atoms with van der Waals surface area (Å²) in [6, 6.07) is 2.26. The highest BCUT2D eigenvalue weighted by Gasteiger charge is 2.14. The second kappa shape index (κ2) is 11.4. The van der Waals surface area contributed by atoms with Crippen molar-refractivity contribution in [3.05, 3.63) is 52.3 Å². The van der Waals surface area contributed by atoms with E-state index >= 15 is 0 Å². The molecule has 0 aliphatic carbocycles. The number of nitroso groups, excluding NO2 is 1. The van der Waals surface area contributed by atoms with Crippen molar-refractivity contribution >= 4 is 0 Å². The zero-order chi connectivity index (χ0) is 17.8. The third-order valence-corrected chi connectivity index (χ3v) is 3.66. The Morgan fingerprint density at radius 1 is 1.43 bits per heavy atom. The predicted octanol–water partition coefficient (Wildman–Crippen LogP) is 4.44. The van der Waals surface area contributed by atoms with Gasteiger partial charge in [0.25, 0.3) is 0 Å². The van der Waals surface area contributed by atoms with Crippen molar-refractivity contribution in [2.75, 3.05) is 13.6 Å². The van der Waals surface area contributed by atoms with Gasteiger partial charge in [-0.3, -0.25) is 0 Å². The molecule has 0 aliphatic rings. The number of hydrogen-bond acceptors (Lipinski definition) is 5. The monoisotopic (exact) mass is 316 g/mol. The van der Waals surface area contributed by atoms with Gasteiger partial charge in [-0.05, 0) is 49.9 Å². The highest BCUT2D eigenvalue weighted by molar-refractivity contribution is 5.26. The molecule has 5 nitrogen and oxygen atoms in total. The van der Waals surface area contributed by atoms with Gasteiger partial charge in [0.05, 0.1) is 24.7 Å². The molecule has 0 unspecified atom stereocenters. The van der Waals surface area contributed by atoms with Gasteiger partial charge in [0, 0.05) is 12.7 Å². The zero-order valence-corrected chi connectivity index (χ0v) is 14.9. The van der Waals surface area contributed by atoms with Crippen molar-refractivity contribution in [3.63, 3.8) is 0 Å². The van der Waals surface area contributed by atoms with E-state index in [2.05, 4.69) is 30.2 Å². The smallest absolute Gasteiger partial charge is 0.0818 e. The molecule has 0 aromatic rings. The molecule has 1 atom stereocenters. The molecule has 23 heavy (non-hydrogen) atoms. The van der Waals surface area contributed by atoms with Crippen LogP contribution < -0.4 is 5.43 Å². The summed E-state index contributed by atoms with van der Waals surface area (Å²) in [6.07, 6.45) is 6.82. The highest BCUT2D eigenvalue weighted by Crippen LogP contribution is 2.24. The summed E-state index contributed by atoms with van der Waals surface area (Å²) in [5.74, 6) is 0.161. The molecule has 0 aromatic heterocycles. The lowest BCUT2D eigenvalue weighted by molar-refractivity contribution is 0.294. The van der Waals surface area contributed by atoms with Gasteiger partial charge in [-0.25, -0.2) is 5.43 Å². The second-order valence-corrected chi connectivity index (χ2v) is 5.48. The topological polar surface area (TPSA) is 68.5 Å². The van der Waals surface area contributed by atoms with E-state index in [0.29, 0.717) is 18.7 Å². The summed E-state index contributed by atoms with van der Waals surface area (Å²) in [4.78, 5) is 10.4. The minimum Gasteiger partial charge on any atom is -0.310 e. The fourth-order valence-corrected chi connectivity index (χ4v) is 2.29. The van der Waals surface area contributed by atoms with Crippen LogP contribution in [0, 0.1) is 22.2 Å². The highest BCUT2D eigenvalue weighted by atomic mass is 16.3. The van der Waals surface area contributed by atoms with Gasteiger partial charge in [0.2, 0.25) is 0 Å². The third-order valence-electron chi connectivity index (χ3n) is 3.66. The molecule has 0 heterocycles. The van der Waals surface area contributed by atoms with Crippen molar-refractivity contribution in [1.82, 2.24) is 10.4 Å². The molecule has 0 saturated heterocycles. The Morgan fingerprint density at radius 3 is 2.52 bits per heavy atom. The molecule has 0 bridgehead atoms. The molecular weight excluding hydrogens is 288 g/mol. The predicted molar refractivity (Wildman–Crippen MR) is 96.0 cm³/mol. The molecule has 0 aromatic carbocycles. The number of nitrogens with one attached hydrogen (secondary N) is 1. The Bertz CT molecular complexity index is 538. The summed E-state index contributed by atoms with van der Waals surface area (Å²) in [6.45, 7) is 12.3. The van der Waals surface area contributed by atoms with Crippen molar-refractivity contribution in [3.8, 4) is 6.07 Å². The second-order valence-electron chi connectivity index (χ2n) is 5.48. The summed E-state index contributed by atoms with van der Waals surface area (Å²) >= 11 is 0. The van der Waals surface area contributed by atoms with Crippen LogP contribution in [-0.4, -0.2) is 18.6 Å². The molecule has 0 radical (unpaired) electrons. The first kappa shape index (κ1) is 20.8. The molecule has 0 amide bonds. The van der Waals surface area contributed by atoms with Gasteiger partial charge in [-0.1, -0.05) is 31.2 Å². The van der Waals surface area contributed by atoms with E-state index in [1.165, 1.54) is 0 Å². The average Bonchev–Trinajstić information content (AvgIpc) is 2.54. The van der Waals surface area contributed by atoms with E-state index in [1.54, 1.807) is 13.0 Å². The van der Waals surface area contributed by atoms with Gasteiger partial charge >= 0.3 is 0 Å². The molecule has 0 saturated carbocycles. The van der Waals surface area contributed by atoms with Crippen LogP contribution in [0.15, 0.2) is 52.5 Å². The first-order chi connectivity index (χ1) is 10.9. The summed E-state index contributed by atoms with van der Waals surface area (Å²) in [5, 5.41) is 14.0. The average molecular weight is 316 g/mol. The van der Waals surface area contributed by atoms with Crippen molar-refractivity contribution < 1.29 is 0 Å². The van der Waals surface area contributed by atoms with Crippen LogP contribution in [0.1, 0.15) is 40.5 Å². The fourth-order valence-electron chi connectivity index (χ4n) is 2.29. The van der Waals surface area contributed by atoms with Crippen LogP contribution in [0.3, 0.4) is 0 Å².